The number of hydrogen-bond acceptors (Lipinski definition) is 4. The van der Waals surface area contributed by atoms with Crippen LogP contribution in [0, 0.1) is 11.6 Å². The zero-order valence-corrected chi connectivity index (χ0v) is 18.6. The predicted octanol–water partition coefficient (Wildman–Crippen LogP) is 6.98. The lowest BCUT2D eigenvalue weighted by Gasteiger charge is -2.21. The molecule has 0 amide bonds. The number of hydrogen-bond donors (Lipinski definition) is 0. The fraction of sp³-hybridized carbons (Fsp3) is 0.0741. The first-order valence-electron chi connectivity index (χ1n) is 10.8. The van der Waals surface area contributed by atoms with Gasteiger partial charge in [0.15, 0.2) is 5.82 Å². The van der Waals surface area contributed by atoms with Crippen molar-refractivity contribution in [2.45, 2.75) is 6.42 Å². The van der Waals surface area contributed by atoms with Gasteiger partial charge in [-0.15, -0.1) is 0 Å². The molecule has 5 aromatic rings. The molecule has 4 nitrogen and oxygen atoms in total. The van der Waals surface area contributed by atoms with Crippen LogP contribution in [0.25, 0.3) is 33.4 Å². The lowest BCUT2D eigenvalue weighted by molar-refractivity contribution is 0.603. The van der Waals surface area contributed by atoms with Crippen molar-refractivity contribution in [1.29, 1.82) is 0 Å². The second kappa shape index (κ2) is 8.15. The van der Waals surface area contributed by atoms with Crippen LogP contribution in [-0.2, 0) is 6.42 Å². The molecule has 7 heteroatoms. The first-order valence-corrected chi connectivity index (χ1v) is 11.2. The van der Waals surface area contributed by atoms with Gasteiger partial charge in [0, 0.05) is 46.2 Å². The molecule has 1 aliphatic heterocycles. The van der Waals surface area contributed by atoms with Crippen LogP contribution in [0.15, 0.2) is 79.1 Å². The highest BCUT2D eigenvalue weighted by Gasteiger charge is 2.25. The average molecular weight is 471 g/mol. The third-order valence-electron chi connectivity index (χ3n) is 6.03. The number of nitrogens with zero attached hydrogens (tertiary/aromatic N) is 4. The summed E-state index contributed by atoms with van der Waals surface area (Å²) in [6.07, 6.45) is 4.24. The minimum atomic E-state index is -0.497. The van der Waals surface area contributed by atoms with Crippen LogP contribution < -0.4 is 4.90 Å². The number of benzene rings is 3. The predicted molar refractivity (Wildman–Crippen MR) is 130 cm³/mol. The van der Waals surface area contributed by atoms with Crippen molar-refractivity contribution >= 4 is 34.0 Å². The second-order valence-corrected chi connectivity index (χ2v) is 8.58. The molecular weight excluding hydrogens is 454 g/mol. The summed E-state index contributed by atoms with van der Waals surface area (Å²) in [6, 6.07) is 18.4. The van der Waals surface area contributed by atoms with Crippen LogP contribution in [0.1, 0.15) is 5.56 Å². The standard InChI is InChI=1S/C27H17ClF2N4/c28-19-4-8-25-17(12-19)9-11-34(25)27-21-6-3-16(22-14-20(29)5-7-23(22)30)13-24(21)32-26(33-27)18-2-1-10-31-15-18/h1-8,10,12-15H,9,11H2. The summed E-state index contributed by atoms with van der Waals surface area (Å²) >= 11 is 6.21. The van der Waals surface area contributed by atoms with E-state index in [-0.39, 0.29) is 5.56 Å². The van der Waals surface area contributed by atoms with Crippen molar-refractivity contribution in [3.63, 3.8) is 0 Å². The van der Waals surface area contributed by atoms with E-state index >= 15 is 0 Å². The van der Waals surface area contributed by atoms with E-state index < -0.39 is 11.6 Å². The molecule has 1 aliphatic rings. The van der Waals surface area contributed by atoms with Gasteiger partial charge in [0.2, 0.25) is 0 Å². The second-order valence-electron chi connectivity index (χ2n) is 8.14. The summed E-state index contributed by atoms with van der Waals surface area (Å²) in [5.41, 5.74) is 4.32. The summed E-state index contributed by atoms with van der Waals surface area (Å²) in [5.74, 6) is 0.266. The highest BCUT2D eigenvalue weighted by atomic mass is 35.5. The van der Waals surface area contributed by atoms with E-state index in [1.54, 1.807) is 24.5 Å². The van der Waals surface area contributed by atoms with Crippen LogP contribution in [-0.4, -0.2) is 21.5 Å². The summed E-state index contributed by atoms with van der Waals surface area (Å²) in [6.45, 7) is 0.745. The minimum Gasteiger partial charge on any atom is -0.325 e. The highest BCUT2D eigenvalue weighted by molar-refractivity contribution is 6.30. The summed E-state index contributed by atoms with van der Waals surface area (Å²) < 4.78 is 28.4. The summed E-state index contributed by atoms with van der Waals surface area (Å²) in [5, 5.41) is 1.52. The Morgan fingerprint density at radius 1 is 0.882 bits per heavy atom. The molecular formula is C27H17ClF2N4. The van der Waals surface area contributed by atoms with Gasteiger partial charge in [-0.25, -0.2) is 18.7 Å². The first kappa shape index (κ1) is 20.7. The van der Waals surface area contributed by atoms with Crippen LogP contribution in [0.2, 0.25) is 5.02 Å². The van der Waals surface area contributed by atoms with Crippen molar-refractivity contribution < 1.29 is 8.78 Å². The van der Waals surface area contributed by atoms with Gasteiger partial charge in [0.1, 0.15) is 17.5 Å². The third-order valence-corrected chi connectivity index (χ3v) is 6.26. The molecule has 0 radical (unpaired) electrons. The quantitative estimate of drug-likeness (QED) is 0.285. The normalized spacial score (nSPS) is 12.9. The van der Waals surface area contributed by atoms with Gasteiger partial charge in [-0.1, -0.05) is 17.7 Å². The molecule has 0 saturated carbocycles. The van der Waals surface area contributed by atoms with E-state index in [2.05, 4.69) is 9.88 Å². The Balaban J connectivity index is 1.58. The molecule has 3 aromatic carbocycles. The molecule has 6 rings (SSSR count). The molecule has 0 fully saturated rings. The molecule has 0 unspecified atom stereocenters. The van der Waals surface area contributed by atoms with Crippen molar-refractivity contribution in [2.75, 3.05) is 11.4 Å². The van der Waals surface area contributed by atoms with Gasteiger partial charge in [-0.3, -0.25) is 4.98 Å². The number of aromatic nitrogens is 3. The van der Waals surface area contributed by atoms with Crippen molar-refractivity contribution in [3.8, 4) is 22.5 Å². The van der Waals surface area contributed by atoms with Gasteiger partial charge in [-0.05, 0) is 78.2 Å². The third kappa shape index (κ3) is 3.56. The SMILES string of the molecule is Fc1ccc(F)c(-c2ccc3c(N4CCc5cc(Cl)ccc54)nc(-c4cccnc4)nc3c2)c1. The Kier molecular flexibility index (Phi) is 4.96. The van der Waals surface area contributed by atoms with E-state index in [0.717, 1.165) is 53.1 Å². The topological polar surface area (TPSA) is 41.9 Å². The monoisotopic (exact) mass is 470 g/mol. The first-order chi connectivity index (χ1) is 16.6. The molecule has 0 aliphatic carbocycles. The van der Waals surface area contributed by atoms with Gasteiger partial charge in [-0.2, -0.15) is 0 Å². The van der Waals surface area contributed by atoms with Gasteiger partial charge in [0.25, 0.3) is 0 Å². The lowest BCUT2D eigenvalue weighted by Crippen LogP contribution is -2.16. The van der Waals surface area contributed by atoms with E-state index in [4.69, 9.17) is 21.6 Å². The van der Waals surface area contributed by atoms with Gasteiger partial charge >= 0.3 is 0 Å². The molecule has 0 atom stereocenters. The fourth-order valence-corrected chi connectivity index (χ4v) is 4.61. The van der Waals surface area contributed by atoms with Crippen LogP contribution >= 0.6 is 11.6 Å². The summed E-state index contributed by atoms with van der Waals surface area (Å²) in [4.78, 5) is 16.0. The lowest BCUT2D eigenvalue weighted by atomic mass is 10.0. The zero-order chi connectivity index (χ0) is 23.2. The molecule has 2 aromatic heterocycles. The largest absolute Gasteiger partial charge is 0.325 e. The van der Waals surface area contributed by atoms with Crippen LogP contribution in [0.4, 0.5) is 20.3 Å². The zero-order valence-electron chi connectivity index (χ0n) is 17.8. The van der Waals surface area contributed by atoms with Crippen molar-refractivity contribution in [2.24, 2.45) is 0 Å². The Bertz CT molecular complexity index is 1560. The Labute approximate surface area is 199 Å². The molecule has 0 N–H and O–H groups in total. The molecule has 0 saturated heterocycles. The van der Waals surface area contributed by atoms with Gasteiger partial charge in [0.05, 0.1) is 5.52 Å². The van der Waals surface area contributed by atoms with E-state index in [9.17, 15) is 8.78 Å². The smallest absolute Gasteiger partial charge is 0.163 e. The number of rotatable bonds is 3. The molecule has 166 valence electrons. The Hall–Kier alpha value is -3.90. The molecule has 3 heterocycles. The summed E-state index contributed by atoms with van der Waals surface area (Å²) in [7, 11) is 0. The van der Waals surface area contributed by atoms with Crippen molar-refractivity contribution in [3.05, 3.63) is 101 Å². The van der Waals surface area contributed by atoms with E-state index in [1.807, 2.05) is 36.4 Å². The van der Waals surface area contributed by atoms with Crippen LogP contribution in [0.3, 0.4) is 0 Å². The molecule has 0 bridgehead atoms. The number of halogens is 3. The fourth-order valence-electron chi connectivity index (χ4n) is 4.42. The number of pyridine rings is 1. The maximum absolute atomic E-state index is 14.5. The maximum Gasteiger partial charge on any atom is 0.163 e. The Morgan fingerprint density at radius 2 is 1.79 bits per heavy atom. The maximum atomic E-state index is 14.5. The Morgan fingerprint density at radius 3 is 2.65 bits per heavy atom. The average Bonchev–Trinajstić information content (AvgIpc) is 3.28. The van der Waals surface area contributed by atoms with E-state index in [0.29, 0.717) is 21.9 Å². The molecule has 34 heavy (non-hydrogen) atoms. The van der Waals surface area contributed by atoms with E-state index in [1.165, 1.54) is 6.07 Å². The number of fused-ring (bicyclic) bond motifs is 2. The minimum absolute atomic E-state index is 0.186. The van der Waals surface area contributed by atoms with Gasteiger partial charge < -0.3 is 4.90 Å². The van der Waals surface area contributed by atoms with Crippen molar-refractivity contribution in [1.82, 2.24) is 15.0 Å². The highest BCUT2D eigenvalue weighted by Crippen LogP contribution is 2.39. The number of anilines is 2. The van der Waals surface area contributed by atoms with Crippen LogP contribution in [0.5, 0.6) is 0 Å². The molecule has 0 spiro atoms.